The third-order valence-electron chi connectivity index (χ3n) is 5.23. The first-order valence-corrected chi connectivity index (χ1v) is 9.89. The molecule has 4 rings (SSSR count). The number of nitrogens with zero attached hydrogens (tertiary/aromatic N) is 3. The standard InChI is InChI=1S/C22H24FN5O/c23-18-8-6-16(7-9-18)14-20-21(29)25-22(27-26-20)24-19-10-12-28(13-11-19)15-17-4-2-1-3-5-17/h1-9,19H,10-15H2,(H2,24,25,27,29). The molecule has 7 heteroatoms. The molecular formula is C22H24FN5O. The van der Waals surface area contributed by atoms with E-state index in [9.17, 15) is 9.18 Å². The van der Waals surface area contributed by atoms with Crippen molar-refractivity contribution in [2.45, 2.75) is 31.8 Å². The van der Waals surface area contributed by atoms with Crippen LogP contribution in [0, 0.1) is 5.82 Å². The fourth-order valence-corrected chi connectivity index (χ4v) is 3.61. The average Bonchev–Trinajstić information content (AvgIpc) is 2.74. The summed E-state index contributed by atoms with van der Waals surface area (Å²) in [6.45, 7) is 2.95. The zero-order valence-corrected chi connectivity index (χ0v) is 16.1. The summed E-state index contributed by atoms with van der Waals surface area (Å²) in [5, 5.41) is 11.5. The molecule has 150 valence electrons. The second kappa shape index (κ2) is 8.96. The van der Waals surface area contributed by atoms with Gasteiger partial charge in [-0.2, -0.15) is 0 Å². The number of aromatic amines is 1. The molecule has 29 heavy (non-hydrogen) atoms. The van der Waals surface area contributed by atoms with E-state index in [-0.39, 0.29) is 17.4 Å². The van der Waals surface area contributed by atoms with Gasteiger partial charge in [0, 0.05) is 32.1 Å². The largest absolute Gasteiger partial charge is 0.352 e. The van der Waals surface area contributed by atoms with Gasteiger partial charge in [0.25, 0.3) is 5.56 Å². The van der Waals surface area contributed by atoms with Crippen LogP contribution in [0.1, 0.15) is 29.7 Å². The molecule has 3 aromatic rings. The maximum atomic E-state index is 13.0. The first kappa shape index (κ1) is 19.3. The normalized spacial score (nSPS) is 15.3. The molecule has 1 aromatic heterocycles. The third kappa shape index (κ3) is 5.26. The van der Waals surface area contributed by atoms with E-state index in [1.54, 1.807) is 12.1 Å². The van der Waals surface area contributed by atoms with Crippen molar-refractivity contribution in [2.24, 2.45) is 0 Å². The summed E-state index contributed by atoms with van der Waals surface area (Å²) in [4.78, 5) is 17.5. The molecule has 1 aliphatic rings. The average molecular weight is 393 g/mol. The molecule has 6 nitrogen and oxygen atoms in total. The van der Waals surface area contributed by atoms with Crippen molar-refractivity contribution in [1.82, 2.24) is 20.1 Å². The van der Waals surface area contributed by atoms with Crippen molar-refractivity contribution >= 4 is 5.95 Å². The summed E-state index contributed by atoms with van der Waals surface area (Å²) in [6.07, 6.45) is 2.28. The second-order valence-electron chi connectivity index (χ2n) is 7.43. The number of piperidine rings is 1. The summed E-state index contributed by atoms with van der Waals surface area (Å²) in [5.41, 5.74) is 2.19. The molecule has 0 spiro atoms. The van der Waals surface area contributed by atoms with Crippen LogP contribution in [0.15, 0.2) is 59.4 Å². The van der Waals surface area contributed by atoms with E-state index in [0.29, 0.717) is 18.1 Å². The number of likely N-dealkylation sites (tertiary alicyclic amines) is 1. The lowest BCUT2D eigenvalue weighted by atomic mass is 10.0. The molecule has 0 aliphatic carbocycles. The Morgan fingerprint density at radius 3 is 2.41 bits per heavy atom. The minimum Gasteiger partial charge on any atom is -0.352 e. The number of aromatic nitrogens is 3. The van der Waals surface area contributed by atoms with Gasteiger partial charge >= 0.3 is 0 Å². The first-order valence-electron chi connectivity index (χ1n) is 9.89. The van der Waals surface area contributed by atoms with Gasteiger partial charge in [-0.05, 0) is 36.1 Å². The molecule has 0 amide bonds. The minimum absolute atomic E-state index is 0.259. The minimum atomic E-state index is -0.303. The van der Waals surface area contributed by atoms with E-state index < -0.39 is 0 Å². The van der Waals surface area contributed by atoms with Gasteiger partial charge in [0.2, 0.25) is 5.95 Å². The summed E-state index contributed by atoms with van der Waals surface area (Å²) < 4.78 is 13.0. The third-order valence-corrected chi connectivity index (χ3v) is 5.23. The SMILES string of the molecule is O=c1[nH]c(NC2CCN(Cc3ccccc3)CC2)nnc1Cc1ccc(F)cc1. The number of nitrogens with one attached hydrogen (secondary N) is 2. The summed E-state index contributed by atoms with van der Waals surface area (Å²) in [7, 11) is 0. The fraction of sp³-hybridized carbons (Fsp3) is 0.318. The Morgan fingerprint density at radius 2 is 1.72 bits per heavy atom. The van der Waals surface area contributed by atoms with Gasteiger partial charge in [-0.3, -0.25) is 14.7 Å². The number of hydrogen-bond donors (Lipinski definition) is 2. The number of halogens is 1. The highest BCUT2D eigenvalue weighted by Crippen LogP contribution is 2.16. The molecular weight excluding hydrogens is 369 g/mol. The lowest BCUT2D eigenvalue weighted by molar-refractivity contribution is 0.211. The van der Waals surface area contributed by atoms with Crippen LogP contribution in [-0.2, 0) is 13.0 Å². The van der Waals surface area contributed by atoms with E-state index in [0.717, 1.165) is 38.0 Å². The topological polar surface area (TPSA) is 73.9 Å². The van der Waals surface area contributed by atoms with Crippen LogP contribution in [0.2, 0.25) is 0 Å². The summed E-state index contributed by atoms with van der Waals surface area (Å²) >= 11 is 0. The van der Waals surface area contributed by atoms with E-state index in [2.05, 4.69) is 49.7 Å². The van der Waals surface area contributed by atoms with Crippen molar-refractivity contribution in [3.05, 3.63) is 87.6 Å². The molecule has 0 radical (unpaired) electrons. The zero-order chi connectivity index (χ0) is 20.1. The van der Waals surface area contributed by atoms with Gasteiger partial charge in [0.1, 0.15) is 11.5 Å². The van der Waals surface area contributed by atoms with Gasteiger partial charge in [-0.1, -0.05) is 42.5 Å². The van der Waals surface area contributed by atoms with Crippen molar-refractivity contribution in [2.75, 3.05) is 18.4 Å². The van der Waals surface area contributed by atoms with Crippen LogP contribution in [0.4, 0.5) is 10.3 Å². The number of H-pyrrole nitrogens is 1. The Hall–Kier alpha value is -3.06. The van der Waals surface area contributed by atoms with Crippen molar-refractivity contribution in [1.29, 1.82) is 0 Å². The number of benzene rings is 2. The van der Waals surface area contributed by atoms with Gasteiger partial charge in [-0.15, -0.1) is 10.2 Å². The molecule has 2 aromatic carbocycles. The van der Waals surface area contributed by atoms with E-state index in [1.165, 1.54) is 17.7 Å². The molecule has 1 fully saturated rings. The quantitative estimate of drug-likeness (QED) is 0.674. The van der Waals surface area contributed by atoms with E-state index in [4.69, 9.17) is 0 Å². The Morgan fingerprint density at radius 1 is 1.00 bits per heavy atom. The molecule has 2 heterocycles. The molecule has 0 atom stereocenters. The Balaban J connectivity index is 1.30. The lowest BCUT2D eigenvalue weighted by Gasteiger charge is -2.32. The molecule has 0 bridgehead atoms. The van der Waals surface area contributed by atoms with E-state index in [1.807, 2.05) is 6.07 Å². The van der Waals surface area contributed by atoms with Crippen LogP contribution in [-0.4, -0.2) is 39.2 Å². The monoisotopic (exact) mass is 393 g/mol. The Labute approximate surface area is 168 Å². The Bertz CT molecular complexity index is 982. The number of rotatable bonds is 6. The van der Waals surface area contributed by atoms with Crippen LogP contribution in [0.5, 0.6) is 0 Å². The van der Waals surface area contributed by atoms with Gasteiger partial charge in [0.15, 0.2) is 0 Å². The smallest absolute Gasteiger partial charge is 0.274 e. The van der Waals surface area contributed by atoms with Gasteiger partial charge in [-0.25, -0.2) is 4.39 Å². The first-order chi connectivity index (χ1) is 14.2. The highest BCUT2D eigenvalue weighted by Gasteiger charge is 2.20. The van der Waals surface area contributed by atoms with Crippen molar-refractivity contribution in [3.8, 4) is 0 Å². The van der Waals surface area contributed by atoms with Gasteiger partial charge < -0.3 is 5.32 Å². The molecule has 1 aliphatic heterocycles. The molecule has 1 saturated heterocycles. The van der Waals surface area contributed by atoms with Crippen LogP contribution in [0.3, 0.4) is 0 Å². The number of anilines is 1. The van der Waals surface area contributed by atoms with Crippen LogP contribution >= 0.6 is 0 Å². The highest BCUT2D eigenvalue weighted by atomic mass is 19.1. The molecule has 0 unspecified atom stereocenters. The zero-order valence-electron chi connectivity index (χ0n) is 16.1. The fourth-order valence-electron chi connectivity index (χ4n) is 3.61. The maximum Gasteiger partial charge on any atom is 0.274 e. The molecule has 0 saturated carbocycles. The summed E-state index contributed by atoms with van der Waals surface area (Å²) in [5.74, 6) is 0.0995. The highest BCUT2D eigenvalue weighted by molar-refractivity contribution is 5.26. The second-order valence-corrected chi connectivity index (χ2v) is 7.43. The van der Waals surface area contributed by atoms with Crippen molar-refractivity contribution < 1.29 is 4.39 Å². The number of hydrogen-bond acceptors (Lipinski definition) is 5. The van der Waals surface area contributed by atoms with Crippen LogP contribution < -0.4 is 10.9 Å². The Kier molecular flexibility index (Phi) is 5.95. The van der Waals surface area contributed by atoms with Gasteiger partial charge in [0.05, 0.1) is 0 Å². The van der Waals surface area contributed by atoms with E-state index >= 15 is 0 Å². The maximum absolute atomic E-state index is 13.0. The summed E-state index contributed by atoms with van der Waals surface area (Å²) in [6, 6.07) is 16.8. The molecule has 2 N–H and O–H groups in total. The van der Waals surface area contributed by atoms with Crippen LogP contribution in [0.25, 0.3) is 0 Å². The lowest BCUT2D eigenvalue weighted by Crippen LogP contribution is -2.39. The van der Waals surface area contributed by atoms with Crippen molar-refractivity contribution in [3.63, 3.8) is 0 Å². The predicted molar refractivity (Wildman–Crippen MR) is 110 cm³/mol. The predicted octanol–water partition coefficient (Wildman–Crippen LogP) is 2.97.